The number of ether oxygens (including phenoxy) is 1. The molecule has 0 spiro atoms. The van der Waals surface area contributed by atoms with Crippen LogP contribution in [0.5, 0.6) is 0 Å². The molecule has 2 saturated heterocycles. The second kappa shape index (κ2) is 8.96. The quantitative estimate of drug-likeness (QED) is 0.816. The van der Waals surface area contributed by atoms with Crippen molar-refractivity contribution >= 4 is 35.4 Å². The fraction of sp³-hybridized carbons (Fsp3) is 0.556. The number of rotatable bonds is 5. The third-order valence-corrected chi connectivity index (χ3v) is 7.51. The highest BCUT2D eigenvalue weighted by molar-refractivity contribution is 8.16. The van der Waals surface area contributed by atoms with E-state index in [1.165, 1.54) is 23.5 Å². The summed E-state index contributed by atoms with van der Waals surface area (Å²) >= 11 is 3.87. The standard InChI is InChI=1S/C18H23NO4S2/c20-16(19-15(17(21)22)14-3-1-8-23-11-14)12-4-6-13(7-5-12)18-24-9-2-10-25-18/h4-7,14-15,18H,1-3,8-11H2,(H,19,20)(H,21,22). The molecule has 2 aliphatic rings. The van der Waals surface area contributed by atoms with Crippen LogP contribution >= 0.6 is 23.5 Å². The van der Waals surface area contributed by atoms with E-state index in [1.54, 1.807) is 12.1 Å². The highest BCUT2D eigenvalue weighted by Crippen LogP contribution is 2.43. The maximum Gasteiger partial charge on any atom is 0.326 e. The smallest absolute Gasteiger partial charge is 0.326 e. The lowest BCUT2D eigenvalue weighted by Crippen LogP contribution is -2.48. The van der Waals surface area contributed by atoms with E-state index in [2.05, 4.69) is 5.32 Å². The number of aliphatic carboxylic acids is 1. The predicted octanol–water partition coefficient (Wildman–Crippen LogP) is 3.16. The van der Waals surface area contributed by atoms with Crippen LogP contribution in [0.25, 0.3) is 0 Å². The summed E-state index contributed by atoms with van der Waals surface area (Å²) in [5, 5.41) is 12.1. The van der Waals surface area contributed by atoms with Crippen molar-refractivity contribution in [1.82, 2.24) is 5.32 Å². The lowest BCUT2D eigenvalue weighted by molar-refractivity contribution is -0.142. The zero-order valence-electron chi connectivity index (χ0n) is 14.0. The zero-order chi connectivity index (χ0) is 17.6. The van der Waals surface area contributed by atoms with Crippen LogP contribution in [0.2, 0.25) is 0 Å². The van der Waals surface area contributed by atoms with Gasteiger partial charge in [-0.15, -0.1) is 23.5 Å². The Hall–Kier alpha value is -1.18. The molecule has 0 saturated carbocycles. The Bertz CT molecular complexity index is 596. The largest absolute Gasteiger partial charge is 0.480 e. The van der Waals surface area contributed by atoms with Gasteiger partial charge in [-0.3, -0.25) is 4.79 Å². The molecule has 0 aliphatic carbocycles. The predicted molar refractivity (Wildman–Crippen MR) is 101 cm³/mol. The van der Waals surface area contributed by atoms with Gasteiger partial charge in [0.1, 0.15) is 6.04 Å². The van der Waals surface area contributed by atoms with Crippen LogP contribution in [-0.2, 0) is 9.53 Å². The number of thioether (sulfide) groups is 2. The third-order valence-electron chi connectivity index (χ3n) is 4.49. The minimum atomic E-state index is -1.00. The number of hydrogen-bond donors (Lipinski definition) is 2. The summed E-state index contributed by atoms with van der Waals surface area (Å²) in [5.74, 6) is 0.821. The topological polar surface area (TPSA) is 75.6 Å². The maximum atomic E-state index is 12.5. The van der Waals surface area contributed by atoms with Crippen LogP contribution in [0.4, 0.5) is 0 Å². The zero-order valence-corrected chi connectivity index (χ0v) is 15.6. The Balaban J connectivity index is 1.63. The molecular formula is C18H23NO4S2. The number of benzene rings is 1. The summed E-state index contributed by atoms with van der Waals surface area (Å²) in [5.41, 5.74) is 1.71. The number of carbonyl (C=O) groups is 2. The van der Waals surface area contributed by atoms with Crippen LogP contribution < -0.4 is 5.32 Å². The molecule has 7 heteroatoms. The van der Waals surface area contributed by atoms with Gasteiger partial charge in [0.05, 0.1) is 11.2 Å². The first kappa shape index (κ1) is 18.6. The second-order valence-corrected chi connectivity index (χ2v) is 9.04. The summed E-state index contributed by atoms with van der Waals surface area (Å²) in [7, 11) is 0. The van der Waals surface area contributed by atoms with E-state index in [0.29, 0.717) is 23.4 Å². The van der Waals surface area contributed by atoms with E-state index in [-0.39, 0.29) is 11.8 Å². The molecule has 2 N–H and O–H groups in total. The number of carboxylic acids is 1. The summed E-state index contributed by atoms with van der Waals surface area (Å²) in [6.45, 7) is 1.04. The van der Waals surface area contributed by atoms with Gasteiger partial charge in [0.2, 0.25) is 0 Å². The molecule has 25 heavy (non-hydrogen) atoms. The average Bonchev–Trinajstić information content (AvgIpc) is 2.67. The van der Waals surface area contributed by atoms with Crippen LogP contribution in [0.15, 0.2) is 24.3 Å². The highest BCUT2D eigenvalue weighted by Gasteiger charge is 2.31. The minimum absolute atomic E-state index is 0.176. The van der Waals surface area contributed by atoms with E-state index < -0.39 is 12.0 Å². The summed E-state index contributed by atoms with van der Waals surface area (Å²) in [6, 6.07) is 6.62. The maximum absolute atomic E-state index is 12.5. The molecule has 1 amide bonds. The van der Waals surface area contributed by atoms with E-state index in [9.17, 15) is 14.7 Å². The molecule has 2 heterocycles. The SMILES string of the molecule is O=C(NC(C(=O)O)C1CCCOC1)c1ccc(C2SCCCS2)cc1. The highest BCUT2D eigenvalue weighted by atomic mass is 32.2. The van der Waals surface area contributed by atoms with Crippen molar-refractivity contribution in [2.45, 2.75) is 29.9 Å². The summed E-state index contributed by atoms with van der Waals surface area (Å²) < 4.78 is 5.79. The third kappa shape index (κ3) is 4.92. The van der Waals surface area contributed by atoms with Crippen molar-refractivity contribution in [1.29, 1.82) is 0 Å². The lowest BCUT2D eigenvalue weighted by atomic mass is 9.93. The Kier molecular flexibility index (Phi) is 6.67. The van der Waals surface area contributed by atoms with Gasteiger partial charge in [-0.1, -0.05) is 12.1 Å². The first-order chi connectivity index (χ1) is 12.1. The van der Waals surface area contributed by atoms with Crippen molar-refractivity contribution in [2.75, 3.05) is 24.7 Å². The first-order valence-corrected chi connectivity index (χ1v) is 10.7. The Morgan fingerprint density at radius 2 is 1.88 bits per heavy atom. The van der Waals surface area contributed by atoms with Gasteiger partial charge in [-0.05, 0) is 48.5 Å². The molecule has 0 bridgehead atoms. The molecule has 0 aromatic heterocycles. The molecule has 2 fully saturated rings. The number of amides is 1. The van der Waals surface area contributed by atoms with Gasteiger partial charge >= 0.3 is 5.97 Å². The number of carboxylic acid groups (broad SMARTS) is 1. The van der Waals surface area contributed by atoms with Crippen molar-refractivity contribution in [2.24, 2.45) is 5.92 Å². The molecule has 5 nitrogen and oxygen atoms in total. The van der Waals surface area contributed by atoms with Crippen molar-refractivity contribution < 1.29 is 19.4 Å². The van der Waals surface area contributed by atoms with Crippen molar-refractivity contribution in [3.63, 3.8) is 0 Å². The molecule has 136 valence electrons. The lowest BCUT2D eigenvalue weighted by Gasteiger charge is -2.28. The van der Waals surface area contributed by atoms with Crippen LogP contribution in [-0.4, -0.2) is 47.7 Å². The number of carbonyl (C=O) groups excluding carboxylic acids is 1. The van der Waals surface area contributed by atoms with E-state index in [4.69, 9.17) is 4.74 Å². The fourth-order valence-corrected chi connectivity index (χ4v) is 6.00. The Labute approximate surface area is 156 Å². The van der Waals surface area contributed by atoms with Gasteiger partial charge in [0.15, 0.2) is 0 Å². The minimum Gasteiger partial charge on any atom is -0.480 e. The first-order valence-electron chi connectivity index (χ1n) is 8.60. The molecule has 2 aliphatic heterocycles. The van der Waals surface area contributed by atoms with Gasteiger partial charge < -0.3 is 15.2 Å². The van der Waals surface area contributed by atoms with Crippen LogP contribution in [0, 0.1) is 5.92 Å². The van der Waals surface area contributed by atoms with Gasteiger partial charge in [-0.2, -0.15) is 0 Å². The fourth-order valence-electron chi connectivity index (χ4n) is 3.11. The second-order valence-electron chi connectivity index (χ2n) is 6.32. The Morgan fingerprint density at radius 3 is 2.48 bits per heavy atom. The normalized spacial score (nSPS) is 23.0. The molecule has 2 unspecified atom stereocenters. The van der Waals surface area contributed by atoms with E-state index in [0.717, 1.165) is 12.8 Å². The summed E-state index contributed by atoms with van der Waals surface area (Å²) in [4.78, 5) is 24.0. The van der Waals surface area contributed by atoms with Gasteiger partial charge in [-0.25, -0.2) is 4.79 Å². The Morgan fingerprint density at radius 1 is 1.16 bits per heavy atom. The average molecular weight is 382 g/mol. The number of nitrogens with one attached hydrogen (secondary N) is 1. The molecule has 1 aromatic rings. The molecule has 3 rings (SSSR count). The van der Waals surface area contributed by atoms with Crippen molar-refractivity contribution in [3.05, 3.63) is 35.4 Å². The van der Waals surface area contributed by atoms with Crippen LogP contribution in [0.3, 0.4) is 0 Å². The van der Waals surface area contributed by atoms with Gasteiger partial charge in [0, 0.05) is 18.1 Å². The molecular weight excluding hydrogens is 358 g/mol. The van der Waals surface area contributed by atoms with Crippen molar-refractivity contribution in [3.8, 4) is 0 Å². The van der Waals surface area contributed by atoms with E-state index in [1.807, 2.05) is 35.7 Å². The molecule has 1 aromatic carbocycles. The number of hydrogen-bond acceptors (Lipinski definition) is 5. The molecule has 2 atom stereocenters. The monoisotopic (exact) mass is 381 g/mol. The van der Waals surface area contributed by atoms with Crippen LogP contribution in [0.1, 0.15) is 39.8 Å². The van der Waals surface area contributed by atoms with E-state index >= 15 is 0 Å². The summed E-state index contributed by atoms with van der Waals surface area (Å²) in [6.07, 6.45) is 2.83. The molecule has 0 radical (unpaired) electrons. The van der Waals surface area contributed by atoms with Gasteiger partial charge in [0.25, 0.3) is 5.91 Å².